The molecule has 2 heterocycles. The number of rotatable bonds is 8. The Labute approximate surface area is 245 Å². The Kier molecular flexibility index (Phi) is 8.85. The van der Waals surface area contributed by atoms with Crippen molar-refractivity contribution < 1.29 is 14.3 Å². The van der Waals surface area contributed by atoms with Gasteiger partial charge in [-0.15, -0.1) is 11.3 Å². The average molecular weight is 572 g/mol. The molecular formula is C32H37N5O3S. The lowest BCUT2D eigenvalue weighted by molar-refractivity contribution is -0.120. The molecule has 1 atom stereocenters. The fourth-order valence-corrected chi connectivity index (χ4v) is 6.11. The Hall–Kier alpha value is -3.95. The summed E-state index contributed by atoms with van der Waals surface area (Å²) in [5.41, 5.74) is 6.44. The summed E-state index contributed by atoms with van der Waals surface area (Å²) in [6.07, 6.45) is 0. The second-order valence-corrected chi connectivity index (χ2v) is 11.9. The van der Waals surface area contributed by atoms with Gasteiger partial charge in [0.1, 0.15) is 12.4 Å². The zero-order chi connectivity index (χ0) is 28.9. The molecule has 0 radical (unpaired) electrons. The minimum atomic E-state index is -0.171. The number of nitrogens with one attached hydrogen (secondary N) is 2. The molecule has 0 aliphatic carbocycles. The average Bonchev–Trinajstić information content (AvgIpc) is 3.32. The molecule has 41 heavy (non-hydrogen) atoms. The number of ether oxygens (including phenoxy) is 1. The third-order valence-electron chi connectivity index (χ3n) is 7.38. The fraction of sp³-hybridized carbons (Fsp3) is 0.344. The van der Waals surface area contributed by atoms with Crippen LogP contribution in [0.5, 0.6) is 5.75 Å². The molecule has 3 amide bonds. The molecule has 3 aromatic carbocycles. The Morgan fingerprint density at radius 2 is 1.71 bits per heavy atom. The van der Waals surface area contributed by atoms with Gasteiger partial charge in [-0.05, 0) is 67.3 Å². The number of hydrogen-bond donors (Lipinski definition) is 2. The van der Waals surface area contributed by atoms with Crippen LogP contribution in [0.25, 0.3) is 21.3 Å². The molecule has 1 unspecified atom stereocenters. The van der Waals surface area contributed by atoms with Gasteiger partial charge in [0.2, 0.25) is 5.91 Å². The number of fused-ring (bicyclic) bond motifs is 1. The van der Waals surface area contributed by atoms with Crippen molar-refractivity contribution in [3.8, 4) is 16.9 Å². The van der Waals surface area contributed by atoms with Crippen molar-refractivity contribution >= 4 is 39.2 Å². The van der Waals surface area contributed by atoms with Crippen LogP contribution >= 0.6 is 11.3 Å². The molecule has 9 heteroatoms. The number of nitrogens with zero attached hydrogens (tertiary/aromatic N) is 3. The van der Waals surface area contributed by atoms with Crippen molar-refractivity contribution in [1.82, 2.24) is 20.1 Å². The van der Waals surface area contributed by atoms with Crippen molar-refractivity contribution in [1.29, 1.82) is 0 Å². The lowest BCUT2D eigenvalue weighted by Crippen LogP contribution is -2.54. The molecule has 1 aliphatic heterocycles. The summed E-state index contributed by atoms with van der Waals surface area (Å²) in [6.45, 7) is 11.4. The minimum Gasteiger partial charge on any atom is -0.491 e. The maximum Gasteiger partial charge on any atom is 0.321 e. The van der Waals surface area contributed by atoms with E-state index in [1.807, 2.05) is 54.3 Å². The number of carbonyl (C=O) groups excluding carboxylic acids is 2. The van der Waals surface area contributed by atoms with Crippen LogP contribution in [0.3, 0.4) is 0 Å². The lowest BCUT2D eigenvalue weighted by atomic mass is 9.96. The summed E-state index contributed by atoms with van der Waals surface area (Å²) >= 11 is 1.66. The van der Waals surface area contributed by atoms with Crippen molar-refractivity contribution in [3.05, 3.63) is 76.8 Å². The summed E-state index contributed by atoms with van der Waals surface area (Å²) in [6, 6.07) is 20.0. The van der Waals surface area contributed by atoms with E-state index in [9.17, 15) is 9.59 Å². The number of aryl methyl sites for hydroxylation is 3. The predicted octanol–water partition coefficient (Wildman–Crippen LogP) is 5.62. The summed E-state index contributed by atoms with van der Waals surface area (Å²) < 4.78 is 7.18. The molecule has 1 aromatic heterocycles. The van der Waals surface area contributed by atoms with Gasteiger partial charge < -0.3 is 20.3 Å². The zero-order valence-electron chi connectivity index (χ0n) is 24.1. The number of hydrogen-bond acceptors (Lipinski definition) is 6. The Balaban J connectivity index is 1.13. The number of amides is 3. The first-order valence-electron chi connectivity index (χ1n) is 14.0. The standard InChI is InChI=1S/C32H37N5O3S/c1-21-7-5-6-8-28(21)29-11-9-25(17-22(29)2)35-32(39)37-15-13-36(14-16-37)19-26(33-23(3)38)20-40-27-10-12-31-30(18-27)34-24(4)41-31/h5-12,17-18,26H,13-16,19-20H2,1-4H3,(H,33,38)(H,35,39). The lowest BCUT2D eigenvalue weighted by Gasteiger charge is -2.36. The Bertz CT molecular complexity index is 1540. The van der Waals surface area contributed by atoms with Gasteiger partial charge in [0.15, 0.2) is 0 Å². The highest BCUT2D eigenvalue weighted by molar-refractivity contribution is 7.18. The highest BCUT2D eigenvalue weighted by atomic mass is 32.1. The Morgan fingerprint density at radius 1 is 0.951 bits per heavy atom. The van der Waals surface area contributed by atoms with E-state index >= 15 is 0 Å². The number of urea groups is 1. The van der Waals surface area contributed by atoms with Gasteiger partial charge in [-0.1, -0.05) is 30.3 Å². The molecule has 214 valence electrons. The van der Waals surface area contributed by atoms with Gasteiger partial charge in [0.05, 0.1) is 21.3 Å². The van der Waals surface area contributed by atoms with Gasteiger partial charge in [-0.25, -0.2) is 9.78 Å². The molecule has 1 fully saturated rings. The minimum absolute atomic E-state index is 0.0917. The molecule has 1 aliphatic rings. The number of benzene rings is 3. The SMILES string of the molecule is CC(=O)NC(COc1ccc2sc(C)nc2c1)CN1CCN(C(=O)Nc2ccc(-c3ccccc3C)c(C)c2)CC1. The van der Waals surface area contributed by atoms with E-state index in [1.54, 1.807) is 11.3 Å². The molecule has 0 saturated carbocycles. The summed E-state index contributed by atoms with van der Waals surface area (Å²) in [5.74, 6) is 0.646. The molecule has 8 nitrogen and oxygen atoms in total. The number of anilines is 1. The maximum absolute atomic E-state index is 13.0. The van der Waals surface area contributed by atoms with E-state index in [-0.39, 0.29) is 18.0 Å². The second kappa shape index (κ2) is 12.7. The third kappa shape index (κ3) is 7.23. The van der Waals surface area contributed by atoms with Crippen LogP contribution in [0.4, 0.5) is 10.5 Å². The number of thiazole rings is 1. The fourth-order valence-electron chi connectivity index (χ4n) is 5.30. The van der Waals surface area contributed by atoms with E-state index in [0.29, 0.717) is 26.2 Å². The van der Waals surface area contributed by atoms with Gasteiger partial charge in [0.25, 0.3) is 0 Å². The largest absolute Gasteiger partial charge is 0.491 e. The normalized spacial score (nSPS) is 14.6. The molecule has 2 N–H and O–H groups in total. The first kappa shape index (κ1) is 28.6. The number of carbonyl (C=O) groups is 2. The van der Waals surface area contributed by atoms with Crippen LogP contribution in [0.1, 0.15) is 23.1 Å². The summed E-state index contributed by atoms with van der Waals surface area (Å²) in [4.78, 5) is 33.6. The topological polar surface area (TPSA) is 86.8 Å². The van der Waals surface area contributed by atoms with Crippen LogP contribution < -0.4 is 15.4 Å². The molecular weight excluding hydrogens is 534 g/mol. The highest BCUT2D eigenvalue weighted by Gasteiger charge is 2.24. The van der Waals surface area contributed by atoms with Crippen molar-refractivity contribution in [2.45, 2.75) is 33.7 Å². The van der Waals surface area contributed by atoms with Crippen LogP contribution in [-0.4, -0.2) is 72.1 Å². The van der Waals surface area contributed by atoms with Gasteiger partial charge >= 0.3 is 6.03 Å². The monoisotopic (exact) mass is 571 g/mol. The van der Waals surface area contributed by atoms with Crippen LogP contribution in [-0.2, 0) is 4.79 Å². The predicted molar refractivity (Wildman–Crippen MR) is 166 cm³/mol. The van der Waals surface area contributed by atoms with Crippen molar-refractivity contribution in [2.24, 2.45) is 0 Å². The first-order valence-corrected chi connectivity index (χ1v) is 14.8. The van der Waals surface area contributed by atoms with Gasteiger partial charge in [-0.3, -0.25) is 9.69 Å². The van der Waals surface area contributed by atoms with Crippen LogP contribution in [0.15, 0.2) is 60.7 Å². The van der Waals surface area contributed by atoms with E-state index in [4.69, 9.17) is 4.74 Å². The molecule has 0 spiro atoms. The van der Waals surface area contributed by atoms with E-state index in [2.05, 4.69) is 52.6 Å². The third-order valence-corrected chi connectivity index (χ3v) is 8.33. The van der Waals surface area contributed by atoms with Crippen molar-refractivity contribution in [3.63, 3.8) is 0 Å². The second-order valence-electron chi connectivity index (χ2n) is 10.6. The Morgan fingerprint density at radius 3 is 2.44 bits per heavy atom. The van der Waals surface area contributed by atoms with Crippen molar-refractivity contribution in [2.75, 3.05) is 44.6 Å². The van der Waals surface area contributed by atoms with E-state index < -0.39 is 0 Å². The van der Waals surface area contributed by atoms with E-state index in [1.165, 1.54) is 23.6 Å². The summed E-state index contributed by atoms with van der Waals surface area (Å²) in [5, 5.41) is 7.11. The summed E-state index contributed by atoms with van der Waals surface area (Å²) in [7, 11) is 0. The maximum atomic E-state index is 13.0. The van der Waals surface area contributed by atoms with E-state index in [0.717, 1.165) is 45.3 Å². The first-order chi connectivity index (χ1) is 19.7. The number of piperazine rings is 1. The molecule has 5 rings (SSSR count). The zero-order valence-corrected chi connectivity index (χ0v) is 24.9. The van der Waals surface area contributed by atoms with Crippen LogP contribution in [0.2, 0.25) is 0 Å². The molecule has 4 aromatic rings. The quantitative estimate of drug-likeness (QED) is 0.287. The number of aromatic nitrogens is 1. The molecule has 0 bridgehead atoms. The van der Waals surface area contributed by atoms with Gasteiger partial charge in [0, 0.05) is 51.4 Å². The molecule has 1 saturated heterocycles. The van der Waals surface area contributed by atoms with Crippen LogP contribution in [0, 0.1) is 20.8 Å². The highest BCUT2D eigenvalue weighted by Crippen LogP contribution is 2.29. The van der Waals surface area contributed by atoms with Gasteiger partial charge in [-0.2, -0.15) is 0 Å². The smallest absolute Gasteiger partial charge is 0.321 e.